The van der Waals surface area contributed by atoms with Crippen molar-refractivity contribution in [1.29, 1.82) is 0 Å². The van der Waals surface area contributed by atoms with Gasteiger partial charge in [-0.15, -0.1) is 0 Å². The molecule has 4 aromatic rings. The van der Waals surface area contributed by atoms with Crippen LogP contribution in [0.1, 0.15) is 20.7 Å². The Morgan fingerprint density at radius 1 is 1.13 bits per heavy atom. The zero-order valence-corrected chi connectivity index (χ0v) is 17.1. The van der Waals surface area contributed by atoms with Crippen molar-refractivity contribution in [1.82, 2.24) is 9.97 Å². The van der Waals surface area contributed by atoms with Gasteiger partial charge in [-0.25, -0.2) is 10.5 Å². The molecule has 0 spiro atoms. The summed E-state index contributed by atoms with van der Waals surface area (Å²) in [6.45, 7) is 0. The third-order valence-electron chi connectivity index (χ3n) is 4.28. The highest BCUT2D eigenvalue weighted by Crippen LogP contribution is 2.28. The average Bonchev–Trinajstić information content (AvgIpc) is 3.19. The Labute approximate surface area is 180 Å². The van der Waals surface area contributed by atoms with Crippen LogP contribution in [0, 0.1) is 0 Å². The number of fused-ring (bicyclic) bond motifs is 1. The number of carbonyl (C=O) groups is 2. The molecule has 0 radical (unpaired) electrons. The highest BCUT2D eigenvalue weighted by atomic mass is 32.1. The monoisotopic (exact) mass is 435 g/mol. The minimum atomic E-state index is -0.470. The largest absolute Gasteiger partial charge is 0.481 e. The van der Waals surface area contributed by atoms with Gasteiger partial charge in [0.1, 0.15) is 11.8 Å². The smallest absolute Gasteiger partial charge is 0.263 e. The zero-order valence-electron chi connectivity index (χ0n) is 16.3. The number of hydrogen-bond acceptors (Lipinski definition) is 9. The molecule has 0 aliphatic heterocycles. The number of benzene rings is 2. The van der Waals surface area contributed by atoms with Crippen LogP contribution in [0.4, 0.5) is 16.5 Å². The van der Waals surface area contributed by atoms with Crippen LogP contribution >= 0.6 is 11.3 Å². The van der Waals surface area contributed by atoms with Gasteiger partial charge in [0.05, 0.1) is 28.7 Å². The Bertz CT molecular complexity index is 1270. The lowest BCUT2D eigenvalue weighted by Gasteiger charge is -2.13. The number of ether oxygens (including phenoxy) is 1. The van der Waals surface area contributed by atoms with E-state index in [1.54, 1.807) is 48.5 Å². The molecule has 0 saturated carbocycles. The summed E-state index contributed by atoms with van der Waals surface area (Å²) in [5.41, 5.74) is 11.0. The van der Waals surface area contributed by atoms with Crippen LogP contribution in [0.2, 0.25) is 0 Å². The Balaban J connectivity index is 1.58. The van der Waals surface area contributed by atoms with Gasteiger partial charge in [0.15, 0.2) is 5.13 Å². The van der Waals surface area contributed by atoms with Crippen LogP contribution in [-0.4, -0.2) is 29.3 Å². The SMILES string of the molecule is COc1ccc(C(=O)Nc2nc3ccc(C=O)cc3s2)c(ONc2ccccc2N)n1. The van der Waals surface area contributed by atoms with Crippen LogP contribution < -0.4 is 26.1 Å². The van der Waals surface area contributed by atoms with Gasteiger partial charge in [-0.05, 0) is 36.4 Å². The van der Waals surface area contributed by atoms with Crippen molar-refractivity contribution in [3.05, 3.63) is 65.7 Å². The van der Waals surface area contributed by atoms with E-state index in [0.717, 1.165) is 11.0 Å². The number of aromatic nitrogens is 2. The van der Waals surface area contributed by atoms with Crippen molar-refractivity contribution in [2.45, 2.75) is 0 Å². The number of nitrogens with zero attached hydrogens (tertiary/aromatic N) is 2. The number of methoxy groups -OCH3 is 1. The zero-order chi connectivity index (χ0) is 21.8. The van der Waals surface area contributed by atoms with Crippen molar-refractivity contribution in [2.24, 2.45) is 0 Å². The number of carbonyl (C=O) groups excluding carboxylic acids is 2. The minimum absolute atomic E-state index is 0.00413. The summed E-state index contributed by atoms with van der Waals surface area (Å²) in [5, 5.41) is 3.12. The van der Waals surface area contributed by atoms with Gasteiger partial charge in [-0.1, -0.05) is 23.5 Å². The molecule has 0 unspecified atom stereocenters. The lowest BCUT2D eigenvalue weighted by molar-refractivity contribution is 0.102. The van der Waals surface area contributed by atoms with Crippen LogP contribution in [0.5, 0.6) is 11.8 Å². The Morgan fingerprint density at radius 2 is 1.97 bits per heavy atom. The Kier molecular flexibility index (Phi) is 5.63. The number of para-hydroxylation sites is 2. The molecule has 2 aromatic carbocycles. The quantitative estimate of drug-likeness (QED) is 0.227. The normalized spacial score (nSPS) is 10.5. The van der Waals surface area contributed by atoms with Crippen molar-refractivity contribution in [3.63, 3.8) is 0 Å². The molecule has 31 heavy (non-hydrogen) atoms. The lowest BCUT2D eigenvalue weighted by atomic mass is 10.2. The van der Waals surface area contributed by atoms with E-state index in [-0.39, 0.29) is 17.3 Å². The molecular weight excluding hydrogens is 418 g/mol. The van der Waals surface area contributed by atoms with E-state index in [9.17, 15) is 9.59 Å². The third kappa shape index (κ3) is 4.38. The number of nitrogens with one attached hydrogen (secondary N) is 2. The fourth-order valence-corrected chi connectivity index (χ4v) is 3.62. The predicted octanol–water partition coefficient (Wildman–Crippen LogP) is 3.75. The minimum Gasteiger partial charge on any atom is -0.481 e. The summed E-state index contributed by atoms with van der Waals surface area (Å²) >= 11 is 1.26. The number of amides is 1. The molecule has 0 aliphatic carbocycles. The van der Waals surface area contributed by atoms with Crippen LogP contribution in [-0.2, 0) is 0 Å². The molecular formula is C21H17N5O4S. The fraction of sp³-hybridized carbons (Fsp3) is 0.0476. The first-order valence-corrected chi connectivity index (χ1v) is 9.88. The van der Waals surface area contributed by atoms with E-state index < -0.39 is 5.91 Å². The summed E-state index contributed by atoms with van der Waals surface area (Å²) in [4.78, 5) is 38.0. The molecule has 1 amide bonds. The van der Waals surface area contributed by atoms with Crippen LogP contribution in [0.3, 0.4) is 0 Å². The van der Waals surface area contributed by atoms with Crippen molar-refractivity contribution >= 4 is 50.3 Å². The number of pyridine rings is 1. The molecule has 4 N–H and O–H groups in total. The van der Waals surface area contributed by atoms with E-state index in [2.05, 4.69) is 20.8 Å². The summed E-state index contributed by atoms with van der Waals surface area (Å²) < 4.78 is 5.91. The second kappa shape index (κ2) is 8.67. The average molecular weight is 435 g/mol. The molecule has 10 heteroatoms. The molecule has 2 heterocycles. The first kappa shape index (κ1) is 20.1. The molecule has 156 valence electrons. The van der Waals surface area contributed by atoms with Gasteiger partial charge in [-0.3, -0.25) is 14.9 Å². The molecule has 0 fully saturated rings. The van der Waals surface area contributed by atoms with Crippen molar-refractivity contribution in [2.75, 3.05) is 23.6 Å². The number of anilines is 3. The van der Waals surface area contributed by atoms with E-state index in [1.807, 2.05) is 0 Å². The number of thiazole rings is 1. The highest BCUT2D eigenvalue weighted by molar-refractivity contribution is 7.22. The molecule has 0 bridgehead atoms. The second-order valence-corrected chi connectivity index (χ2v) is 7.35. The predicted molar refractivity (Wildman–Crippen MR) is 119 cm³/mol. The van der Waals surface area contributed by atoms with Crippen molar-refractivity contribution in [3.8, 4) is 11.8 Å². The maximum Gasteiger partial charge on any atom is 0.263 e. The molecule has 0 atom stereocenters. The van der Waals surface area contributed by atoms with Gasteiger partial charge in [0.2, 0.25) is 5.88 Å². The summed E-state index contributed by atoms with van der Waals surface area (Å²) in [5.74, 6) is -0.192. The summed E-state index contributed by atoms with van der Waals surface area (Å²) in [6, 6.07) is 15.2. The van der Waals surface area contributed by atoms with Gasteiger partial charge in [0.25, 0.3) is 11.8 Å². The van der Waals surface area contributed by atoms with Gasteiger partial charge in [-0.2, -0.15) is 4.98 Å². The standard InChI is InChI=1S/C21H17N5O4S/c1-29-18-9-7-13(20(24-18)30-26-15-5-3-2-4-14(15)22)19(28)25-21-23-16-8-6-12(11-27)10-17(16)31-21/h2-11,26H,22H2,1H3,(H,23,25,28). The van der Waals surface area contributed by atoms with E-state index in [4.69, 9.17) is 15.3 Å². The van der Waals surface area contributed by atoms with Crippen molar-refractivity contribution < 1.29 is 19.2 Å². The highest BCUT2D eigenvalue weighted by Gasteiger charge is 2.18. The molecule has 9 nitrogen and oxygen atoms in total. The topological polar surface area (TPSA) is 128 Å². The van der Waals surface area contributed by atoms with Gasteiger partial charge >= 0.3 is 0 Å². The van der Waals surface area contributed by atoms with E-state index >= 15 is 0 Å². The fourth-order valence-electron chi connectivity index (χ4n) is 2.71. The first-order valence-electron chi connectivity index (χ1n) is 9.07. The summed E-state index contributed by atoms with van der Waals surface area (Å²) in [6.07, 6.45) is 0.760. The maximum atomic E-state index is 12.9. The maximum absolute atomic E-state index is 12.9. The number of nitrogen functional groups attached to an aromatic ring is 1. The lowest BCUT2D eigenvalue weighted by Crippen LogP contribution is -2.17. The molecule has 0 aliphatic rings. The summed E-state index contributed by atoms with van der Waals surface area (Å²) in [7, 11) is 1.46. The third-order valence-corrected chi connectivity index (χ3v) is 5.21. The molecule has 4 rings (SSSR count). The van der Waals surface area contributed by atoms with Gasteiger partial charge < -0.3 is 15.3 Å². The second-order valence-electron chi connectivity index (χ2n) is 6.32. The Morgan fingerprint density at radius 3 is 2.74 bits per heavy atom. The van der Waals surface area contributed by atoms with E-state index in [0.29, 0.717) is 27.6 Å². The number of rotatable bonds is 7. The molecule has 0 saturated heterocycles. The number of nitrogens with two attached hydrogens (primary N) is 1. The van der Waals surface area contributed by atoms with E-state index in [1.165, 1.54) is 24.5 Å². The van der Waals surface area contributed by atoms with Gasteiger partial charge in [0, 0.05) is 11.6 Å². The number of hydrogen-bond donors (Lipinski definition) is 3. The molecule has 2 aromatic heterocycles. The Hall–Kier alpha value is -4.18. The van der Waals surface area contributed by atoms with Crippen LogP contribution in [0.25, 0.3) is 10.2 Å². The number of aldehydes is 1. The van der Waals surface area contributed by atoms with Crippen LogP contribution in [0.15, 0.2) is 54.6 Å². The first-order chi connectivity index (χ1) is 15.1.